The summed E-state index contributed by atoms with van der Waals surface area (Å²) in [7, 11) is -4.33. The fraction of sp³-hybridized carbons (Fsp3) is 0.125. The lowest BCUT2D eigenvalue weighted by atomic mass is 10.3. The second kappa shape index (κ2) is 4.90. The molecular formula is C8H7IO5S. The van der Waals surface area contributed by atoms with Gasteiger partial charge in [0.2, 0.25) is 0 Å². The molecule has 0 saturated heterocycles. The van der Waals surface area contributed by atoms with Crippen LogP contribution in [0.1, 0.15) is 0 Å². The van der Waals surface area contributed by atoms with Crippen LogP contribution in [0.4, 0.5) is 0 Å². The Morgan fingerprint density at radius 1 is 1.40 bits per heavy atom. The van der Waals surface area contributed by atoms with E-state index >= 15 is 0 Å². The predicted octanol–water partition coefficient (Wildman–Crippen LogP) is 1.08. The second-order valence-electron chi connectivity index (χ2n) is 2.63. The van der Waals surface area contributed by atoms with E-state index in [2.05, 4.69) is 0 Å². The van der Waals surface area contributed by atoms with Crippen molar-refractivity contribution in [2.75, 3.05) is 5.75 Å². The number of halogens is 1. The monoisotopic (exact) mass is 342 g/mol. The lowest BCUT2D eigenvalue weighted by molar-refractivity contribution is -0.131. The van der Waals surface area contributed by atoms with Crippen LogP contribution < -0.4 is 4.74 Å². The summed E-state index contributed by atoms with van der Waals surface area (Å²) in [6.45, 7) is 0. The van der Waals surface area contributed by atoms with Crippen LogP contribution in [0.5, 0.6) is 5.75 Å². The summed E-state index contributed by atoms with van der Waals surface area (Å²) in [5.74, 6) is -1.79. The number of carbonyl (C=O) groups excluding carboxylic acids is 1. The Balaban J connectivity index is 2.72. The first-order valence-corrected chi connectivity index (χ1v) is 6.47. The van der Waals surface area contributed by atoms with E-state index in [0.717, 1.165) is 0 Å². The van der Waals surface area contributed by atoms with E-state index in [1.54, 1.807) is 18.2 Å². The lowest BCUT2D eigenvalue weighted by Crippen LogP contribution is -2.20. The summed E-state index contributed by atoms with van der Waals surface area (Å²) in [6.07, 6.45) is 0. The molecule has 0 amide bonds. The van der Waals surface area contributed by atoms with Gasteiger partial charge in [-0.2, -0.15) is 8.42 Å². The molecule has 5 nitrogen and oxygen atoms in total. The summed E-state index contributed by atoms with van der Waals surface area (Å²) < 4.78 is 34.6. The molecule has 0 saturated carbocycles. The molecular weight excluding hydrogens is 335 g/mol. The Morgan fingerprint density at radius 2 is 2.00 bits per heavy atom. The molecule has 0 fully saturated rings. The molecule has 0 bridgehead atoms. The Labute approximate surface area is 100 Å². The highest BCUT2D eigenvalue weighted by Gasteiger charge is 2.15. The van der Waals surface area contributed by atoms with Crippen LogP contribution in [0, 0.1) is 3.57 Å². The number of benzene rings is 1. The molecule has 0 aliphatic heterocycles. The molecule has 0 unspecified atom stereocenters. The number of esters is 1. The molecule has 0 spiro atoms. The van der Waals surface area contributed by atoms with Gasteiger partial charge in [0.1, 0.15) is 5.75 Å². The van der Waals surface area contributed by atoms with Crippen LogP contribution in [0.25, 0.3) is 0 Å². The smallest absolute Gasteiger partial charge is 0.329 e. The third-order valence-corrected chi connectivity index (χ3v) is 2.85. The molecule has 15 heavy (non-hydrogen) atoms. The molecule has 0 aromatic heterocycles. The number of rotatable bonds is 3. The zero-order valence-corrected chi connectivity index (χ0v) is 10.4. The normalized spacial score (nSPS) is 11.1. The maximum atomic E-state index is 11.0. The Bertz CT molecular complexity index is 468. The SMILES string of the molecule is O=C(CS(=O)(=O)O)Oc1ccccc1I. The fourth-order valence-electron chi connectivity index (χ4n) is 0.829. The zero-order valence-electron chi connectivity index (χ0n) is 7.38. The Hall–Kier alpha value is -0.670. The van der Waals surface area contributed by atoms with Crippen molar-refractivity contribution < 1.29 is 22.5 Å². The maximum absolute atomic E-state index is 11.0. The van der Waals surface area contributed by atoms with Crippen molar-refractivity contribution in [2.24, 2.45) is 0 Å². The third-order valence-electron chi connectivity index (χ3n) is 1.36. The van der Waals surface area contributed by atoms with Crippen LogP contribution in [0.2, 0.25) is 0 Å². The third kappa shape index (κ3) is 4.58. The quantitative estimate of drug-likeness (QED) is 0.385. The van der Waals surface area contributed by atoms with E-state index in [9.17, 15) is 13.2 Å². The van der Waals surface area contributed by atoms with Gasteiger partial charge in [-0.3, -0.25) is 9.35 Å². The van der Waals surface area contributed by atoms with Crippen molar-refractivity contribution in [2.45, 2.75) is 0 Å². The van der Waals surface area contributed by atoms with Crippen molar-refractivity contribution in [1.82, 2.24) is 0 Å². The summed E-state index contributed by atoms with van der Waals surface area (Å²) in [5.41, 5.74) is 0. The van der Waals surface area contributed by atoms with Gasteiger partial charge in [-0.05, 0) is 34.7 Å². The lowest BCUT2D eigenvalue weighted by Gasteiger charge is -2.04. The van der Waals surface area contributed by atoms with Crippen molar-refractivity contribution in [1.29, 1.82) is 0 Å². The minimum atomic E-state index is -4.33. The van der Waals surface area contributed by atoms with E-state index in [0.29, 0.717) is 3.57 Å². The average molecular weight is 342 g/mol. The summed E-state index contributed by atoms with van der Waals surface area (Å²) in [5, 5.41) is 0. The van der Waals surface area contributed by atoms with E-state index < -0.39 is 21.8 Å². The molecule has 0 aliphatic rings. The highest BCUT2D eigenvalue weighted by Crippen LogP contribution is 2.19. The van der Waals surface area contributed by atoms with Gasteiger partial charge in [0.15, 0.2) is 5.75 Å². The minimum absolute atomic E-state index is 0.270. The van der Waals surface area contributed by atoms with Gasteiger partial charge in [0.05, 0.1) is 3.57 Å². The van der Waals surface area contributed by atoms with E-state index in [4.69, 9.17) is 9.29 Å². The summed E-state index contributed by atoms with van der Waals surface area (Å²) >= 11 is 1.94. The van der Waals surface area contributed by atoms with Gasteiger partial charge in [0.25, 0.3) is 10.1 Å². The number of hydrogen-bond donors (Lipinski definition) is 1. The molecule has 0 atom stereocenters. The molecule has 0 aliphatic carbocycles. The largest absolute Gasteiger partial charge is 0.425 e. The number of para-hydroxylation sites is 1. The highest BCUT2D eigenvalue weighted by atomic mass is 127. The summed E-state index contributed by atoms with van der Waals surface area (Å²) in [6, 6.07) is 6.64. The first kappa shape index (κ1) is 12.4. The van der Waals surface area contributed by atoms with Crippen molar-refractivity contribution in [3.05, 3.63) is 27.8 Å². The van der Waals surface area contributed by atoms with Crippen molar-refractivity contribution >= 4 is 38.7 Å². The first-order chi connectivity index (χ1) is 6.88. The minimum Gasteiger partial charge on any atom is -0.425 e. The van der Waals surface area contributed by atoms with E-state index in [-0.39, 0.29) is 5.75 Å². The molecule has 1 aromatic carbocycles. The van der Waals surface area contributed by atoms with E-state index in [1.165, 1.54) is 6.07 Å². The zero-order chi connectivity index (χ0) is 11.5. The highest BCUT2D eigenvalue weighted by molar-refractivity contribution is 14.1. The van der Waals surface area contributed by atoms with Crippen LogP contribution in [-0.2, 0) is 14.9 Å². The van der Waals surface area contributed by atoms with Gasteiger partial charge in [0, 0.05) is 0 Å². The van der Waals surface area contributed by atoms with Gasteiger partial charge < -0.3 is 4.74 Å². The van der Waals surface area contributed by atoms with Crippen LogP contribution in [0.15, 0.2) is 24.3 Å². The fourth-order valence-corrected chi connectivity index (χ4v) is 1.68. The Morgan fingerprint density at radius 3 is 2.53 bits per heavy atom. The molecule has 0 radical (unpaired) electrons. The van der Waals surface area contributed by atoms with Crippen LogP contribution in [-0.4, -0.2) is 24.7 Å². The molecule has 7 heteroatoms. The molecule has 82 valence electrons. The van der Waals surface area contributed by atoms with Crippen molar-refractivity contribution in [3.63, 3.8) is 0 Å². The number of hydrogen-bond acceptors (Lipinski definition) is 4. The van der Waals surface area contributed by atoms with Gasteiger partial charge in [-0.15, -0.1) is 0 Å². The topological polar surface area (TPSA) is 80.7 Å². The predicted molar refractivity (Wildman–Crippen MR) is 61.2 cm³/mol. The van der Waals surface area contributed by atoms with Crippen LogP contribution in [0.3, 0.4) is 0 Å². The number of carbonyl (C=O) groups is 1. The van der Waals surface area contributed by atoms with Gasteiger partial charge in [-0.25, -0.2) is 0 Å². The van der Waals surface area contributed by atoms with Crippen molar-refractivity contribution in [3.8, 4) is 5.75 Å². The van der Waals surface area contributed by atoms with E-state index in [1.807, 2.05) is 22.6 Å². The van der Waals surface area contributed by atoms with Crippen LogP contribution >= 0.6 is 22.6 Å². The number of ether oxygens (including phenoxy) is 1. The standard InChI is InChI=1S/C8H7IO5S/c9-6-3-1-2-4-7(6)14-8(10)5-15(11,12)13/h1-4H,5H2,(H,11,12,13). The maximum Gasteiger partial charge on any atom is 0.329 e. The molecule has 1 rings (SSSR count). The molecule has 1 aromatic rings. The van der Waals surface area contributed by atoms with Gasteiger partial charge >= 0.3 is 5.97 Å². The Kier molecular flexibility index (Phi) is 4.05. The second-order valence-corrected chi connectivity index (χ2v) is 5.25. The molecule has 1 N–H and O–H groups in total. The first-order valence-electron chi connectivity index (χ1n) is 3.79. The van der Waals surface area contributed by atoms with Gasteiger partial charge in [-0.1, -0.05) is 12.1 Å². The average Bonchev–Trinajstić information content (AvgIpc) is 2.05. The molecule has 0 heterocycles. The summed E-state index contributed by atoms with van der Waals surface area (Å²) in [4.78, 5) is 11.0.